The molecule has 1 unspecified atom stereocenters. The number of sulfonamides is 1. The quantitative estimate of drug-likeness (QED) is 0.0546. The number of aromatic nitrogens is 5. The van der Waals surface area contributed by atoms with Gasteiger partial charge in [-0.15, -0.1) is 0 Å². The lowest BCUT2D eigenvalue weighted by molar-refractivity contribution is -0.135. The molecule has 3 aromatic heterocycles. The summed E-state index contributed by atoms with van der Waals surface area (Å²) in [5, 5.41) is 16.8. The lowest BCUT2D eigenvalue weighted by Gasteiger charge is -2.33. The van der Waals surface area contributed by atoms with Crippen LogP contribution in [0.5, 0.6) is 0 Å². The molecule has 3 fully saturated rings. The van der Waals surface area contributed by atoms with Crippen LogP contribution in [0, 0.1) is 0 Å². The first-order valence-electron chi connectivity index (χ1n) is 25.0. The number of imidazole rings is 1. The first kappa shape index (κ1) is 51.3. The molecule has 5 heterocycles. The number of anilines is 1. The smallest absolute Gasteiger partial charge is 0.329 e. The number of imide groups is 1. The van der Waals surface area contributed by atoms with E-state index in [-0.39, 0.29) is 35.1 Å². The standard InChI is InChI=1S/C50H69N9O10S/c1-3-4-20-51-49-52-34-41-42(35-58(47(41)54-49)38-12-14-39(60)15-13-38)36-10-16-40(17-11-36)70(64,65)57-23-21-56(22-24-57)25-27-67-29-31-69-33-32-68-30-28-66-26-6-8-37-7-5-9-43-46(37)55(2)50(63)59(43)44-18-19-45(61)53-48(44)62/h5,7,9-11,16-17,34-35,38-39,44,60H,3-4,6,8,12-15,18-33H2,1-2H3,(H,51,52,54)(H,53,61,62)/t38-,39-,44?. The first-order valence-corrected chi connectivity index (χ1v) is 26.4. The molecule has 380 valence electrons. The number of nitrogens with one attached hydrogen (secondary N) is 2. The Morgan fingerprint density at radius 3 is 2.20 bits per heavy atom. The molecule has 1 atom stereocenters. The molecule has 2 saturated heterocycles. The summed E-state index contributed by atoms with van der Waals surface area (Å²) in [6, 6.07) is 12.4. The van der Waals surface area contributed by atoms with Crippen LogP contribution >= 0.6 is 0 Å². The van der Waals surface area contributed by atoms with Crippen molar-refractivity contribution in [2.24, 2.45) is 7.05 Å². The van der Waals surface area contributed by atoms with Crippen LogP contribution in [0.3, 0.4) is 0 Å². The Kier molecular flexibility index (Phi) is 17.9. The van der Waals surface area contributed by atoms with Crippen molar-refractivity contribution in [2.75, 3.05) is 97.4 Å². The van der Waals surface area contributed by atoms with Gasteiger partial charge < -0.3 is 33.9 Å². The highest BCUT2D eigenvalue weighted by atomic mass is 32.2. The number of carbonyl (C=O) groups is 2. The molecule has 3 N–H and O–H groups in total. The number of fused-ring (bicyclic) bond motifs is 2. The number of aliphatic hydroxyl groups is 1. The van der Waals surface area contributed by atoms with E-state index in [1.54, 1.807) is 28.1 Å². The summed E-state index contributed by atoms with van der Waals surface area (Å²) in [7, 11) is -1.97. The fourth-order valence-electron chi connectivity index (χ4n) is 9.76. The zero-order valence-electron chi connectivity index (χ0n) is 40.6. The van der Waals surface area contributed by atoms with E-state index in [1.165, 1.54) is 4.57 Å². The molecule has 2 aliphatic heterocycles. The summed E-state index contributed by atoms with van der Waals surface area (Å²) in [4.78, 5) is 49.4. The number of piperazine rings is 1. The van der Waals surface area contributed by atoms with Crippen LogP contribution in [0.2, 0.25) is 0 Å². The van der Waals surface area contributed by atoms with Gasteiger partial charge in [0.05, 0.1) is 68.3 Å². The SMILES string of the molecule is CCCCNc1ncc2c(-c3ccc(S(=O)(=O)N4CCN(CCOCCOCCOCCOCCCc5cccc6c5n(C)c(=O)n6C5CCC(=O)NC5=O)CC4)cc3)cn([C@H]3CC[C@H](O)CC3)c2n1. The summed E-state index contributed by atoms with van der Waals surface area (Å²) >= 11 is 0. The largest absolute Gasteiger partial charge is 0.393 e. The van der Waals surface area contributed by atoms with Gasteiger partial charge in [0.2, 0.25) is 27.8 Å². The van der Waals surface area contributed by atoms with Gasteiger partial charge in [-0.25, -0.2) is 18.2 Å². The van der Waals surface area contributed by atoms with Crippen molar-refractivity contribution in [3.8, 4) is 11.1 Å². The van der Waals surface area contributed by atoms with Crippen LogP contribution in [-0.4, -0.2) is 156 Å². The zero-order chi connectivity index (χ0) is 49.0. The average Bonchev–Trinajstić information content (AvgIpc) is 3.87. The fourth-order valence-corrected chi connectivity index (χ4v) is 11.2. The van der Waals surface area contributed by atoms with E-state index >= 15 is 0 Å². The molecule has 1 saturated carbocycles. The van der Waals surface area contributed by atoms with E-state index < -0.39 is 22.0 Å². The van der Waals surface area contributed by atoms with Crippen molar-refractivity contribution < 1.29 is 42.1 Å². The van der Waals surface area contributed by atoms with Crippen molar-refractivity contribution in [1.29, 1.82) is 0 Å². The molecule has 2 amide bonds. The van der Waals surface area contributed by atoms with Crippen molar-refractivity contribution >= 4 is 49.9 Å². The number of ether oxygens (including phenoxy) is 4. The van der Waals surface area contributed by atoms with Gasteiger partial charge in [-0.1, -0.05) is 37.6 Å². The number of hydrogen-bond donors (Lipinski definition) is 3. The number of para-hydroxylation sites is 1. The molecule has 0 bridgehead atoms. The monoisotopic (exact) mass is 987 g/mol. The highest BCUT2D eigenvalue weighted by Gasteiger charge is 2.32. The minimum Gasteiger partial charge on any atom is -0.393 e. The Bertz CT molecular complexity index is 2710. The molecule has 3 aliphatic rings. The maximum Gasteiger partial charge on any atom is 0.329 e. The van der Waals surface area contributed by atoms with E-state index in [2.05, 4.69) is 38.2 Å². The van der Waals surface area contributed by atoms with Crippen LogP contribution in [0.25, 0.3) is 33.2 Å². The van der Waals surface area contributed by atoms with Gasteiger partial charge in [0.1, 0.15) is 11.7 Å². The lowest BCUT2D eigenvalue weighted by Crippen LogP contribution is -2.49. The number of unbranched alkanes of at least 4 members (excludes halogenated alkanes) is 1. The molecular weight excluding hydrogens is 919 g/mol. The fraction of sp³-hybridized carbons (Fsp3) is 0.580. The highest BCUT2D eigenvalue weighted by molar-refractivity contribution is 7.89. The number of nitrogens with zero attached hydrogens (tertiary/aromatic N) is 7. The maximum atomic E-state index is 13.8. The summed E-state index contributed by atoms with van der Waals surface area (Å²) < 4.78 is 57.3. The molecule has 8 rings (SSSR count). The topological polar surface area (TPSA) is 214 Å². The van der Waals surface area contributed by atoms with Gasteiger partial charge in [-0.05, 0) is 80.7 Å². The normalized spacial score (nSPS) is 19.6. The van der Waals surface area contributed by atoms with Gasteiger partial charge in [0, 0.05) is 88.7 Å². The predicted octanol–water partition coefficient (Wildman–Crippen LogP) is 4.42. The molecule has 1 aliphatic carbocycles. The number of rotatable bonds is 25. The number of aryl methyl sites for hydroxylation is 2. The van der Waals surface area contributed by atoms with Crippen LogP contribution in [0.1, 0.15) is 82.4 Å². The number of benzene rings is 2. The van der Waals surface area contributed by atoms with E-state index in [1.807, 2.05) is 36.5 Å². The Hall–Kier alpha value is -5.06. The van der Waals surface area contributed by atoms with E-state index in [9.17, 15) is 27.9 Å². The first-order chi connectivity index (χ1) is 34.0. The van der Waals surface area contributed by atoms with E-state index in [4.69, 9.17) is 23.9 Å². The average molecular weight is 988 g/mol. The molecule has 19 nitrogen and oxygen atoms in total. The molecule has 70 heavy (non-hydrogen) atoms. The Balaban J connectivity index is 0.683. The second kappa shape index (κ2) is 24.4. The number of hydrogen-bond acceptors (Lipinski definition) is 14. The van der Waals surface area contributed by atoms with Gasteiger partial charge >= 0.3 is 5.69 Å². The van der Waals surface area contributed by atoms with Gasteiger partial charge in [0.15, 0.2) is 0 Å². The van der Waals surface area contributed by atoms with Crippen molar-refractivity contribution in [3.63, 3.8) is 0 Å². The van der Waals surface area contributed by atoms with Crippen molar-refractivity contribution in [3.05, 3.63) is 70.9 Å². The van der Waals surface area contributed by atoms with Crippen molar-refractivity contribution in [2.45, 2.75) is 94.2 Å². The third-order valence-electron chi connectivity index (χ3n) is 13.7. The molecule has 0 spiro atoms. The Morgan fingerprint density at radius 1 is 0.829 bits per heavy atom. The zero-order valence-corrected chi connectivity index (χ0v) is 41.4. The summed E-state index contributed by atoms with van der Waals surface area (Å²) in [6.45, 7) is 9.39. The van der Waals surface area contributed by atoms with Crippen LogP contribution < -0.4 is 16.3 Å². The second-order valence-electron chi connectivity index (χ2n) is 18.4. The third-order valence-corrected chi connectivity index (χ3v) is 15.6. The Morgan fingerprint density at radius 2 is 1.51 bits per heavy atom. The molecular formula is C50H69N9O10S. The van der Waals surface area contributed by atoms with Gasteiger partial charge in [0.25, 0.3) is 0 Å². The minimum absolute atomic E-state index is 0.198. The predicted molar refractivity (Wildman–Crippen MR) is 265 cm³/mol. The number of aliphatic hydroxyl groups excluding tert-OH is 1. The lowest BCUT2D eigenvalue weighted by atomic mass is 9.93. The number of piperidine rings is 1. The van der Waals surface area contributed by atoms with E-state index in [0.29, 0.717) is 110 Å². The molecule has 20 heteroatoms. The number of carbonyl (C=O) groups excluding carboxylic acids is 2. The summed E-state index contributed by atoms with van der Waals surface area (Å²) in [5.41, 5.74) is 4.87. The molecule has 5 aromatic rings. The number of amides is 2. The van der Waals surface area contributed by atoms with E-state index in [0.717, 1.165) is 84.7 Å². The van der Waals surface area contributed by atoms with Gasteiger partial charge in [-0.2, -0.15) is 9.29 Å². The Labute approximate surface area is 409 Å². The summed E-state index contributed by atoms with van der Waals surface area (Å²) in [6.07, 6.45) is 11.0. The maximum absolute atomic E-state index is 13.8. The van der Waals surface area contributed by atoms with Crippen molar-refractivity contribution in [1.82, 2.24) is 38.2 Å². The van der Waals surface area contributed by atoms with Gasteiger partial charge in [-0.3, -0.25) is 28.9 Å². The highest BCUT2D eigenvalue weighted by Crippen LogP contribution is 2.37. The van der Waals surface area contributed by atoms with Crippen LogP contribution in [0.4, 0.5) is 5.95 Å². The van der Waals surface area contributed by atoms with Crippen LogP contribution in [0.15, 0.2) is 64.5 Å². The summed E-state index contributed by atoms with van der Waals surface area (Å²) in [5.74, 6) is -0.168. The van der Waals surface area contributed by atoms with Crippen LogP contribution in [-0.2, 0) is 52.0 Å². The third kappa shape index (κ3) is 12.3. The molecule has 2 aromatic carbocycles. The minimum atomic E-state index is -3.68. The molecule has 0 radical (unpaired) electrons. The second-order valence-corrected chi connectivity index (χ2v) is 20.3.